The monoisotopic (exact) mass is 382 g/mol. The summed E-state index contributed by atoms with van der Waals surface area (Å²) in [7, 11) is 3.19. The summed E-state index contributed by atoms with van der Waals surface area (Å²) in [6.45, 7) is 1.45. The summed E-state index contributed by atoms with van der Waals surface area (Å²) < 4.78 is 10.7. The van der Waals surface area contributed by atoms with Crippen LogP contribution in [0.4, 0.5) is 0 Å². The number of hydrogen-bond donors (Lipinski definition) is 1. The summed E-state index contributed by atoms with van der Waals surface area (Å²) >= 11 is 0. The lowest BCUT2D eigenvalue weighted by Crippen LogP contribution is -2.38. The van der Waals surface area contributed by atoms with E-state index in [0.717, 1.165) is 12.0 Å². The zero-order valence-corrected chi connectivity index (χ0v) is 16.3. The third kappa shape index (κ3) is 4.82. The van der Waals surface area contributed by atoms with E-state index in [1.807, 2.05) is 41.3 Å². The van der Waals surface area contributed by atoms with Gasteiger partial charge < -0.3 is 19.7 Å². The number of amides is 2. The van der Waals surface area contributed by atoms with E-state index in [1.54, 1.807) is 14.2 Å². The van der Waals surface area contributed by atoms with Crippen molar-refractivity contribution in [2.75, 3.05) is 27.3 Å². The van der Waals surface area contributed by atoms with Gasteiger partial charge in [-0.05, 0) is 29.7 Å². The summed E-state index contributed by atoms with van der Waals surface area (Å²) in [4.78, 5) is 26.5. The molecule has 0 spiro atoms. The van der Waals surface area contributed by atoms with Crippen LogP contribution in [0.25, 0.3) is 0 Å². The maximum absolute atomic E-state index is 13.1. The number of carbonyl (C=O) groups is 2. The van der Waals surface area contributed by atoms with Crippen LogP contribution in [0.1, 0.15) is 17.5 Å². The van der Waals surface area contributed by atoms with Crippen molar-refractivity contribution in [3.8, 4) is 11.5 Å². The fourth-order valence-corrected chi connectivity index (χ4v) is 3.41. The van der Waals surface area contributed by atoms with Gasteiger partial charge in [-0.15, -0.1) is 0 Å². The predicted octanol–water partition coefficient (Wildman–Crippen LogP) is 2.41. The fraction of sp³-hybridized carbons (Fsp3) is 0.364. The van der Waals surface area contributed by atoms with Crippen LogP contribution in [0.5, 0.6) is 11.5 Å². The van der Waals surface area contributed by atoms with Crippen LogP contribution in [-0.2, 0) is 22.6 Å². The number of hydrogen-bond acceptors (Lipinski definition) is 4. The van der Waals surface area contributed by atoms with E-state index in [4.69, 9.17) is 9.47 Å². The molecule has 28 heavy (non-hydrogen) atoms. The van der Waals surface area contributed by atoms with Crippen molar-refractivity contribution in [2.45, 2.75) is 19.4 Å². The molecule has 2 aromatic carbocycles. The molecule has 1 atom stereocenters. The Morgan fingerprint density at radius 3 is 2.46 bits per heavy atom. The first-order chi connectivity index (χ1) is 13.6. The van der Waals surface area contributed by atoms with Gasteiger partial charge in [0.1, 0.15) is 0 Å². The van der Waals surface area contributed by atoms with E-state index in [-0.39, 0.29) is 24.2 Å². The van der Waals surface area contributed by atoms with Crippen molar-refractivity contribution >= 4 is 11.8 Å². The molecule has 1 aliphatic heterocycles. The standard InChI is InChI=1S/C22H26N2O4/c1-27-19-9-8-17(12-20(19)28-2)15-24(11-10-16-6-4-3-5-7-16)22(26)18-13-21(25)23-14-18/h3-9,12,18H,10-11,13-15H2,1-2H3,(H,23,25). The van der Waals surface area contributed by atoms with E-state index < -0.39 is 0 Å². The van der Waals surface area contributed by atoms with Crippen LogP contribution in [0.2, 0.25) is 0 Å². The first kappa shape index (κ1) is 19.7. The van der Waals surface area contributed by atoms with Gasteiger partial charge in [0.15, 0.2) is 11.5 Å². The maximum atomic E-state index is 13.1. The van der Waals surface area contributed by atoms with Crippen LogP contribution in [-0.4, -0.2) is 44.0 Å². The van der Waals surface area contributed by atoms with E-state index in [9.17, 15) is 9.59 Å². The Hall–Kier alpha value is -3.02. The molecule has 1 aliphatic rings. The minimum Gasteiger partial charge on any atom is -0.493 e. The van der Waals surface area contributed by atoms with Crippen molar-refractivity contribution in [2.24, 2.45) is 5.92 Å². The third-order valence-electron chi connectivity index (χ3n) is 4.97. The molecule has 2 amide bonds. The van der Waals surface area contributed by atoms with E-state index in [0.29, 0.717) is 31.1 Å². The molecule has 0 saturated carbocycles. The molecule has 148 valence electrons. The number of rotatable bonds is 8. The van der Waals surface area contributed by atoms with Crippen LogP contribution in [0.15, 0.2) is 48.5 Å². The Morgan fingerprint density at radius 1 is 1.07 bits per heavy atom. The topological polar surface area (TPSA) is 67.9 Å². The normalized spacial score (nSPS) is 15.8. The van der Waals surface area contributed by atoms with Crippen molar-refractivity contribution in [3.05, 3.63) is 59.7 Å². The first-order valence-electron chi connectivity index (χ1n) is 9.41. The van der Waals surface area contributed by atoms with Gasteiger partial charge in [-0.25, -0.2) is 0 Å². The lowest BCUT2D eigenvalue weighted by Gasteiger charge is -2.26. The second-order valence-electron chi connectivity index (χ2n) is 6.89. The number of nitrogens with zero attached hydrogens (tertiary/aromatic N) is 1. The Balaban J connectivity index is 1.76. The van der Waals surface area contributed by atoms with Gasteiger partial charge >= 0.3 is 0 Å². The zero-order valence-electron chi connectivity index (χ0n) is 16.3. The van der Waals surface area contributed by atoms with Gasteiger partial charge in [-0.3, -0.25) is 9.59 Å². The second kappa shape index (κ2) is 9.26. The summed E-state index contributed by atoms with van der Waals surface area (Å²) in [6, 6.07) is 15.7. The Labute approximate surface area is 165 Å². The molecule has 1 fully saturated rings. The van der Waals surface area contributed by atoms with E-state index in [2.05, 4.69) is 17.4 Å². The second-order valence-corrected chi connectivity index (χ2v) is 6.89. The molecule has 6 nitrogen and oxygen atoms in total. The zero-order chi connectivity index (χ0) is 19.9. The number of carbonyl (C=O) groups excluding carboxylic acids is 2. The lowest BCUT2D eigenvalue weighted by molar-refractivity contribution is -0.136. The van der Waals surface area contributed by atoms with Gasteiger partial charge in [-0.1, -0.05) is 36.4 Å². The van der Waals surface area contributed by atoms with Crippen molar-refractivity contribution < 1.29 is 19.1 Å². The van der Waals surface area contributed by atoms with Crippen molar-refractivity contribution in [1.29, 1.82) is 0 Å². The average molecular weight is 382 g/mol. The molecule has 2 aromatic rings. The molecule has 1 saturated heterocycles. The van der Waals surface area contributed by atoms with E-state index >= 15 is 0 Å². The maximum Gasteiger partial charge on any atom is 0.228 e. The molecule has 0 aromatic heterocycles. The van der Waals surface area contributed by atoms with Crippen molar-refractivity contribution in [3.63, 3.8) is 0 Å². The minimum absolute atomic E-state index is 0.00376. The number of nitrogens with one attached hydrogen (secondary N) is 1. The molecule has 6 heteroatoms. The molecule has 0 bridgehead atoms. The number of ether oxygens (including phenoxy) is 2. The average Bonchev–Trinajstić information content (AvgIpc) is 3.17. The number of benzene rings is 2. The largest absolute Gasteiger partial charge is 0.493 e. The predicted molar refractivity (Wildman–Crippen MR) is 106 cm³/mol. The van der Waals surface area contributed by atoms with Gasteiger partial charge in [0.05, 0.1) is 20.1 Å². The quantitative estimate of drug-likeness (QED) is 0.761. The van der Waals surface area contributed by atoms with Gasteiger partial charge in [0, 0.05) is 26.1 Å². The fourth-order valence-electron chi connectivity index (χ4n) is 3.41. The van der Waals surface area contributed by atoms with Gasteiger partial charge in [0.25, 0.3) is 0 Å². The smallest absolute Gasteiger partial charge is 0.228 e. The molecule has 3 rings (SSSR count). The molecular formula is C22H26N2O4. The molecule has 0 radical (unpaired) electrons. The Bertz CT molecular complexity index is 823. The molecular weight excluding hydrogens is 356 g/mol. The first-order valence-corrected chi connectivity index (χ1v) is 9.41. The van der Waals surface area contributed by atoms with Crippen molar-refractivity contribution in [1.82, 2.24) is 10.2 Å². The molecule has 1 heterocycles. The summed E-state index contributed by atoms with van der Waals surface area (Å²) in [5.41, 5.74) is 2.13. The molecule has 0 aliphatic carbocycles. The summed E-state index contributed by atoms with van der Waals surface area (Å²) in [6.07, 6.45) is 1.01. The highest BCUT2D eigenvalue weighted by Crippen LogP contribution is 2.28. The van der Waals surface area contributed by atoms with Crippen LogP contribution < -0.4 is 14.8 Å². The molecule has 1 N–H and O–H groups in total. The Morgan fingerprint density at radius 2 is 1.82 bits per heavy atom. The third-order valence-corrected chi connectivity index (χ3v) is 4.97. The van der Waals surface area contributed by atoms with Gasteiger partial charge in [-0.2, -0.15) is 0 Å². The highest BCUT2D eigenvalue weighted by Gasteiger charge is 2.31. The van der Waals surface area contributed by atoms with Gasteiger partial charge in [0.2, 0.25) is 11.8 Å². The lowest BCUT2D eigenvalue weighted by atomic mass is 10.1. The Kier molecular flexibility index (Phi) is 6.53. The molecule has 1 unspecified atom stereocenters. The summed E-state index contributed by atoms with van der Waals surface area (Å²) in [5.74, 6) is 0.923. The SMILES string of the molecule is COc1ccc(CN(CCc2ccccc2)C(=O)C2CNC(=O)C2)cc1OC. The summed E-state index contributed by atoms with van der Waals surface area (Å²) in [5, 5.41) is 2.75. The minimum atomic E-state index is -0.302. The number of methoxy groups -OCH3 is 2. The van der Waals surface area contributed by atoms with Crippen LogP contribution >= 0.6 is 0 Å². The van der Waals surface area contributed by atoms with Crippen LogP contribution in [0, 0.1) is 5.92 Å². The highest BCUT2D eigenvalue weighted by molar-refractivity contribution is 5.89. The van der Waals surface area contributed by atoms with E-state index in [1.165, 1.54) is 5.56 Å². The van der Waals surface area contributed by atoms with Crippen LogP contribution in [0.3, 0.4) is 0 Å². The highest BCUT2D eigenvalue weighted by atomic mass is 16.5.